The van der Waals surface area contributed by atoms with Gasteiger partial charge in [0.2, 0.25) is 0 Å². The van der Waals surface area contributed by atoms with E-state index in [1.165, 1.54) is 12.1 Å². The Balaban J connectivity index is 1.06. The molecule has 250 valence electrons. The van der Waals surface area contributed by atoms with Crippen LogP contribution in [0.1, 0.15) is 44.8 Å². The molecular weight excluding hydrogens is 636 g/mol. The number of fused-ring (bicyclic) bond motifs is 3. The summed E-state index contributed by atoms with van der Waals surface area (Å²) in [6.45, 7) is 8.91. The second-order valence-corrected chi connectivity index (χ2v) is 12.8. The lowest BCUT2D eigenvalue weighted by atomic mass is 10.0. The van der Waals surface area contributed by atoms with E-state index in [1.54, 1.807) is 30.9 Å². The van der Waals surface area contributed by atoms with Crippen LogP contribution in [0.25, 0.3) is 33.0 Å². The van der Waals surface area contributed by atoms with Crippen molar-refractivity contribution in [1.29, 1.82) is 0 Å². The van der Waals surface area contributed by atoms with Crippen LogP contribution in [0.3, 0.4) is 0 Å². The third-order valence-electron chi connectivity index (χ3n) is 8.94. The molecule has 5 heterocycles. The van der Waals surface area contributed by atoms with Crippen LogP contribution in [0, 0.1) is 27.7 Å². The lowest BCUT2D eigenvalue weighted by Gasteiger charge is -2.09. The van der Waals surface area contributed by atoms with Gasteiger partial charge in [0.15, 0.2) is 0 Å². The number of benzene rings is 3. The van der Waals surface area contributed by atoms with Crippen LogP contribution < -0.4 is 16.9 Å². The van der Waals surface area contributed by atoms with Gasteiger partial charge in [-0.25, -0.2) is 23.7 Å². The van der Waals surface area contributed by atoms with Crippen molar-refractivity contribution in [2.45, 2.75) is 53.9 Å². The summed E-state index contributed by atoms with van der Waals surface area (Å²) < 4.78 is 17.6. The van der Waals surface area contributed by atoms with Crippen LogP contribution in [0.2, 0.25) is 0 Å². The lowest BCUT2D eigenvalue weighted by Crippen LogP contribution is -2.25. The first-order valence-electron chi connectivity index (χ1n) is 16.1. The number of para-hydroxylation sites is 2. The van der Waals surface area contributed by atoms with Crippen molar-refractivity contribution in [3.8, 4) is 0 Å². The average Bonchev–Trinajstić information content (AvgIpc) is 3.75. The summed E-state index contributed by atoms with van der Waals surface area (Å²) in [6.07, 6.45) is 3.57. The maximum absolute atomic E-state index is 13.9. The normalized spacial score (nSPS) is 11.8. The predicted molar refractivity (Wildman–Crippen MR) is 187 cm³/mol. The number of nitrogens with zero attached hydrogens (tertiary/aromatic N) is 8. The molecule has 0 unspecified atom stereocenters. The number of aromatic nitrogens is 8. The van der Waals surface area contributed by atoms with Crippen LogP contribution in [0.5, 0.6) is 0 Å². The monoisotopic (exact) mass is 668 g/mol. The van der Waals surface area contributed by atoms with Crippen molar-refractivity contribution < 1.29 is 8.83 Å². The van der Waals surface area contributed by atoms with E-state index in [2.05, 4.69) is 20.6 Å². The molecule has 13 nitrogen and oxygen atoms in total. The Kier molecular flexibility index (Phi) is 7.39. The highest BCUT2D eigenvalue weighted by Gasteiger charge is 2.18. The molecule has 0 aliphatic carbocycles. The molecule has 0 radical (unpaired) electrons. The molecule has 0 aliphatic rings. The quantitative estimate of drug-likeness (QED) is 0.211. The van der Waals surface area contributed by atoms with Gasteiger partial charge in [-0.15, -0.1) is 10.2 Å². The molecule has 5 aromatic heterocycles. The SMILES string of the molecule is Cc1cc(C)c2c(Cn3cc(Cn4c(=O)n(Cc5cn(Cc6cc(=O)oc7cc(C)cc(C)c67)nn5)c5ccccc54)nn3)cc(=O)oc2c1. The molecule has 8 rings (SSSR count). The van der Waals surface area contributed by atoms with Crippen molar-refractivity contribution >= 4 is 33.0 Å². The summed E-state index contributed by atoms with van der Waals surface area (Å²) in [5.41, 5.74) is 8.23. The summed E-state index contributed by atoms with van der Waals surface area (Å²) in [6, 6.07) is 18.3. The second kappa shape index (κ2) is 11.9. The van der Waals surface area contributed by atoms with Crippen LogP contribution in [0.15, 0.2) is 96.3 Å². The Hall–Kier alpha value is -6.37. The molecule has 0 aliphatic heterocycles. The van der Waals surface area contributed by atoms with Crippen LogP contribution in [0.4, 0.5) is 0 Å². The van der Waals surface area contributed by atoms with Gasteiger partial charge in [-0.2, -0.15) is 0 Å². The number of rotatable bonds is 8. The minimum atomic E-state index is -0.427. The van der Waals surface area contributed by atoms with Crippen LogP contribution in [-0.4, -0.2) is 39.1 Å². The highest BCUT2D eigenvalue weighted by molar-refractivity contribution is 5.85. The van der Waals surface area contributed by atoms with Gasteiger partial charge in [-0.1, -0.05) is 34.7 Å². The van der Waals surface area contributed by atoms with E-state index in [0.717, 1.165) is 55.2 Å². The Labute approximate surface area is 283 Å². The van der Waals surface area contributed by atoms with E-state index in [-0.39, 0.29) is 18.8 Å². The maximum Gasteiger partial charge on any atom is 0.336 e. The highest BCUT2D eigenvalue weighted by atomic mass is 16.4. The minimum Gasteiger partial charge on any atom is -0.423 e. The molecule has 8 aromatic rings. The van der Waals surface area contributed by atoms with Gasteiger partial charge in [0.25, 0.3) is 0 Å². The van der Waals surface area contributed by atoms with E-state index < -0.39 is 11.3 Å². The van der Waals surface area contributed by atoms with Crippen molar-refractivity contribution in [3.63, 3.8) is 0 Å². The first-order chi connectivity index (χ1) is 24.1. The fourth-order valence-electron chi connectivity index (χ4n) is 7.02. The average molecular weight is 669 g/mol. The molecule has 0 amide bonds. The molecule has 0 atom stereocenters. The molecule has 0 saturated carbocycles. The molecule has 50 heavy (non-hydrogen) atoms. The van der Waals surface area contributed by atoms with Gasteiger partial charge in [-0.3, -0.25) is 9.13 Å². The Morgan fingerprint density at radius 2 is 1.02 bits per heavy atom. The van der Waals surface area contributed by atoms with E-state index in [4.69, 9.17) is 8.83 Å². The fourth-order valence-corrected chi connectivity index (χ4v) is 7.02. The molecule has 3 aromatic carbocycles. The van der Waals surface area contributed by atoms with Gasteiger partial charge in [0, 0.05) is 22.9 Å². The van der Waals surface area contributed by atoms with E-state index in [1.807, 2.05) is 76.2 Å². The van der Waals surface area contributed by atoms with Crippen molar-refractivity contribution in [1.82, 2.24) is 39.1 Å². The number of aryl methyl sites for hydroxylation is 4. The molecule has 0 spiro atoms. The molecule has 13 heteroatoms. The molecule has 0 N–H and O–H groups in total. The molecular formula is C37H32N8O5. The zero-order valence-corrected chi connectivity index (χ0v) is 27.9. The third kappa shape index (κ3) is 5.62. The predicted octanol–water partition coefficient (Wildman–Crippen LogP) is 4.63. The second-order valence-electron chi connectivity index (χ2n) is 12.8. The number of hydrogen-bond acceptors (Lipinski definition) is 9. The largest absolute Gasteiger partial charge is 0.423 e. The van der Waals surface area contributed by atoms with Gasteiger partial charge < -0.3 is 8.83 Å². The van der Waals surface area contributed by atoms with E-state index in [9.17, 15) is 14.4 Å². The zero-order chi connectivity index (χ0) is 34.7. The van der Waals surface area contributed by atoms with Crippen molar-refractivity contribution in [3.05, 3.63) is 149 Å². The Bertz CT molecular complexity index is 2610. The summed E-state index contributed by atoms with van der Waals surface area (Å²) in [7, 11) is 0. The summed E-state index contributed by atoms with van der Waals surface area (Å²) in [4.78, 5) is 38.6. The molecule has 0 saturated heterocycles. The van der Waals surface area contributed by atoms with Crippen molar-refractivity contribution in [2.24, 2.45) is 0 Å². The van der Waals surface area contributed by atoms with Gasteiger partial charge in [0.05, 0.1) is 49.6 Å². The first kappa shape index (κ1) is 30.9. The van der Waals surface area contributed by atoms with Crippen LogP contribution >= 0.6 is 0 Å². The van der Waals surface area contributed by atoms with E-state index >= 15 is 0 Å². The van der Waals surface area contributed by atoms with E-state index in [0.29, 0.717) is 35.6 Å². The highest BCUT2D eigenvalue weighted by Crippen LogP contribution is 2.25. The summed E-state index contributed by atoms with van der Waals surface area (Å²) in [5, 5.41) is 19.1. The lowest BCUT2D eigenvalue weighted by molar-refractivity contribution is 0.554. The van der Waals surface area contributed by atoms with Gasteiger partial charge in [-0.05, 0) is 85.3 Å². The smallest absolute Gasteiger partial charge is 0.336 e. The number of imidazole rings is 1. The fraction of sp³-hybridized carbons (Fsp3) is 0.216. The van der Waals surface area contributed by atoms with Gasteiger partial charge in [0.1, 0.15) is 22.6 Å². The Morgan fingerprint density at radius 1 is 0.580 bits per heavy atom. The Morgan fingerprint density at radius 3 is 1.46 bits per heavy atom. The summed E-state index contributed by atoms with van der Waals surface area (Å²) >= 11 is 0. The van der Waals surface area contributed by atoms with Crippen LogP contribution in [-0.2, 0) is 26.2 Å². The first-order valence-corrected chi connectivity index (χ1v) is 16.1. The standard InChI is InChI=1S/C37H32N8O5/c1-21-9-23(3)35-25(13-33(46)49-31(35)11-21)15-42-17-27(38-40-42)19-44-29-7-5-6-8-30(29)45(37(44)48)20-28-18-43(41-39-28)16-26-14-34(47)50-32-12-22(2)10-24(4)36(26)32/h5-14,17-18H,15-16,19-20H2,1-4H3. The summed E-state index contributed by atoms with van der Waals surface area (Å²) in [5.74, 6) is 0. The minimum absolute atomic E-state index is 0.192. The van der Waals surface area contributed by atoms with Crippen molar-refractivity contribution in [2.75, 3.05) is 0 Å². The molecule has 0 bridgehead atoms. The molecule has 0 fully saturated rings. The number of hydrogen-bond donors (Lipinski definition) is 0. The van der Waals surface area contributed by atoms with Gasteiger partial charge >= 0.3 is 16.9 Å². The topological polar surface area (TPSA) is 149 Å². The third-order valence-corrected chi connectivity index (χ3v) is 8.94. The maximum atomic E-state index is 13.9. The zero-order valence-electron chi connectivity index (χ0n) is 27.9.